The Morgan fingerprint density at radius 2 is 1.97 bits per heavy atom. The number of fused-ring (bicyclic) bond motifs is 1. The van der Waals surface area contributed by atoms with Gasteiger partial charge in [-0.15, -0.1) is 0 Å². The van der Waals surface area contributed by atoms with Crippen LogP contribution in [-0.4, -0.2) is 62.3 Å². The van der Waals surface area contributed by atoms with Crippen LogP contribution in [0.25, 0.3) is 10.9 Å². The van der Waals surface area contributed by atoms with Gasteiger partial charge in [-0.25, -0.2) is 9.18 Å². The highest BCUT2D eigenvalue weighted by molar-refractivity contribution is 6.31. The van der Waals surface area contributed by atoms with E-state index in [1.54, 1.807) is 26.2 Å². The van der Waals surface area contributed by atoms with Gasteiger partial charge in [-0.3, -0.25) is 4.98 Å². The fourth-order valence-electron chi connectivity index (χ4n) is 4.16. The topological polar surface area (TPSA) is 66.9 Å². The van der Waals surface area contributed by atoms with Crippen LogP contribution < -0.4 is 15.0 Å². The number of benzene rings is 2. The summed E-state index contributed by atoms with van der Waals surface area (Å²) in [6.45, 7) is 8.79. The second-order valence-electron chi connectivity index (χ2n) is 7.96. The molecule has 1 aliphatic heterocycles. The van der Waals surface area contributed by atoms with E-state index in [-0.39, 0.29) is 22.9 Å². The van der Waals surface area contributed by atoms with E-state index >= 15 is 0 Å². The van der Waals surface area contributed by atoms with E-state index in [4.69, 9.17) is 21.1 Å². The van der Waals surface area contributed by atoms with Gasteiger partial charge in [-0.1, -0.05) is 24.6 Å². The maximum Gasteiger partial charge on any atom is 0.341 e. The molecule has 0 unspecified atom stereocenters. The number of hydrogen-bond acceptors (Lipinski definition) is 7. The molecule has 3 aromatic rings. The Balaban J connectivity index is 1.83. The number of anilines is 3. The van der Waals surface area contributed by atoms with Gasteiger partial charge >= 0.3 is 5.97 Å². The summed E-state index contributed by atoms with van der Waals surface area (Å²) in [6.07, 6.45) is 1.45. The zero-order valence-electron chi connectivity index (χ0n) is 19.5. The van der Waals surface area contributed by atoms with E-state index in [0.717, 1.165) is 38.4 Å². The molecule has 2 aromatic carbocycles. The number of aromatic nitrogens is 1. The fraction of sp³-hybridized carbons (Fsp3) is 0.360. The predicted molar refractivity (Wildman–Crippen MR) is 133 cm³/mol. The van der Waals surface area contributed by atoms with Crippen LogP contribution in [0, 0.1) is 5.82 Å². The Bertz CT molecular complexity index is 1200. The lowest BCUT2D eigenvalue weighted by Gasteiger charge is -2.36. The van der Waals surface area contributed by atoms with Crippen LogP contribution in [0.2, 0.25) is 5.02 Å². The number of esters is 1. The number of piperazine rings is 1. The lowest BCUT2D eigenvalue weighted by Crippen LogP contribution is -2.46. The van der Waals surface area contributed by atoms with Crippen molar-refractivity contribution in [2.45, 2.75) is 13.8 Å². The lowest BCUT2D eigenvalue weighted by atomic mass is 10.1. The van der Waals surface area contributed by atoms with E-state index < -0.39 is 11.8 Å². The molecule has 4 rings (SSSR count). The number of likely N-dealkylation sites (N-methyl/N-ethyl adjacent to an activating group) is 1. The van der Waals surface area contributed by atoms with E-state index in [0.29, 0.717) is 22.3 Å². The van der Waals surface area contributed by atoms with Gasteiger partial charge in [0.05, 0.1) is 41.3 Å². The van der Waals surface area contributed by atoms with Crippen molar-refractivity contribution in [1.82, 2.24) is 9.88 Å². The summed E-state index contributed by atoms with van der Waals surface area (Å²) in [7, 11) is 1.61. The second kappa shape index (κ2) is 10.4. The van der Waals surface area contributed by atoms with Gasteiger partial charge in [0.1, 0.15) is 11.3 Å². The van der Waals surface area contributed by atoms with E-state index in [1.807, 2.05) is 12.1 Å². The van der Waals surface area contributed by atoms with Crippen molar-refractivity contribution >= 4 is 45.5 Å². The first kappa shape index (κ1) is 24.0. The summed E-state index contributed by atoms with van der Waals surface area (Å²) < 4.78 is 25.7. The largest absolute Gasteiger partial charge is 0.495 e. The first-order valence-corrected chi connectivity index (χ1v) is 11.7. The fourth-order valence-corrected chi connectivity index (χ4v) is 4.33. The second-order valence-corrected chi connectivity index (χ2v) is 8.36. The minimum Gasteiger partial charge on any atom is -0.495 e. The monoisotopic (exact) mass is 486 g/mol. The van der Waals surface area contributed by atoms with Crippen molar-refractivity contribution in [1.29, 1.82) is 0 Å². The zero-order valence-corrected chi connectivity index (χ0v) is 20.3. The zero-order chi connectivity index (χ0) is 24.2. The summed E-state index contributed by atoms with van der Waals surface area (Å²) >= 11 is 5.98. The number of nitrogens with one attached hydrogen (secondary N) is 1. The number of rotatable bonds is 7. The molecule has 0 atom stereocenters. The van der Waals surface area contributed by atoms with E-state index in [1.165, 1.54) is 12.3 Å². The maximum atomic E-state index is 14.7. The van der Waals surface area contributed by atoms with Crippen molar-refractivity contribution < 1.29 is 18.7 Å². The third kappa shape index (κ3) is 4.74. The molecule has 0 bridgehead atoms. The van der Waals surface area contributed by atoms with Crippen LogP contribution in [-0.2, 0) is 4.74 Å². The predicted octanol–water partition coefficient (Wildman–Crippen LogP) is 5.10. The molecule has 180 valence electrons. The molecule has 0 spiro atoms. The van der Waals surface area contributed by atoms with E-state index in [2.05, 4.69) is 27.0 Å². The smallest absolute Gasteiger partial charge is 0.341 e. The maximum absolute atomic E-state index is 14.7. The number of nitrogens with zero attached hydrogens (tertiary/aromatic N) is 3. The molecule has 0 saturated carbocycles. The van der Waals surface area contributed by atoms with Gasteiger partial charge in [-0.05, 0) is 37.7 Å². The van der Waals surface area contributed by atoms with Gasteiger partial charge in [-0.2, -0.15) is 0 Å². The molecule has 0 aliphatic carbocycles. The Morgan fingerprint density at radius 1 is 1.21 bits per heavy atom. The Morgan fingerprint density at radius 3 is 2.65 bits per heavy atom. The van der Waals surface area contributed by atoms with Gasteiger partial charge in [0.2, 0.25) is 0 Å². The minimum absolute atomic E-state index is 0.0212. The van der Waals surface area contributed by atoms with Crippen LogP contribution in [0.1, 0.15) is 24.2 Å². The number of methoxy groups -OCH3 is 1. The van der Waals surface area contributed by atoms with Crippen LogP contribution in [0.15, 0.2) is 36.5 Å². The number of pyridine rings is 1. The number of halogens is 2. The first-order valence-electron chi connectivity index (χ1n) is 11.3. The molecule has 1 aromatic heterocycles. The summed E-state index contributed by atoms with van der Waals surface area (Å²) in [5.74, 6) is -0.517. The molecule has 0 radical (unpaired) electrons. The van der Waals surface area contributed by atoms with Crippen molar-refractivity contribution in [3.8, 4) is 5.75 Å². The van der Waals surface area contributed by atoms with E-state index in [9.17, 15) is 9.18 Å². The molecule has 1 aliphatic rings. The normalized spacial score (nSPS) is 14.3. The number of carbonyl (C=O) groups is 1. The average Bonchev–Trinajstić information content (AvgIpc) is 2.86. The van der Waals surface area contributed by atoms with Crippen molar-refractivity contribution in [3.63, 3.8) is 0 Å². The third-order valence-corrected chi connectivity index (χ3v) is 6.33. The highest BCUT2D eigenvalue weighted by Crippen LogP contribution is 2.39. The molecule has 1 saturated heterocycles. The summed E-state index contributed by atoms with van der Waals surface area (Å²) in [5, 5.41) is 3.64. The van der Waals surface area contributed by atoms with Crippen LogP contribution in [0.3, 0.4) is 0 Å². The quantitative estimate of drug-likeness (QED) is 0.466. The van der Waals surface area contributed by atoms with Gasteiger partial charge in [0, 0.05) is 37.8 Å². The molecule has 2 heterocycles. The number of ether oxygens (including phenoxy) is 2. The van der Waals surface area contributed by atoms with Crippen LogP contribution >= 0.6 is 11.6 Å². The standard InChI is InChI=1S/C25H28ClFN4O3/c1-4-30-9-11-31(12-10-30)21-14-20-16(13-22(21)33-3)24(17(15-28-20)25(32)34-5-2)29-19-8-6-7-18(26)23(19)27/h6-8,13-15H,4-5,9-12H2,1-3H3,(H,28,29). The summed E-state index contributed by atoms with van der Waals surface area (Å²) in [6, 6.07) is 8.44. The highest BCUT2D eigenvalue weighted by Gasteiger charge is 2.23. The van der Waals surface area contributed by atoms with Crippen molar-refractivity contribution in [3.05, 3.63) is 52.9 Å². The number of carbonyl (C=O) groups excluding carboxylic acids is 1. The van der Waals surface area contributed by atoms with Gasteiger partial charge in [0.15, 0.2) is 5.82 Å². The Hall–Kier alpha value is -3.10. The summed E-state index contributed by atoms with van der Waals surface area (Å²) in [4.78, 5) is 21.9. The van der Waals surface area contributed by atoms with Gasteiger partial charge in [0.25, 0.3) is 0 Å². The Labute approximate surface area is 203 Å². The van der Waals surface area contributed by atoms with Crippen LogP contribution in [0.4, 0.5) is 21.5 Å². The summed E-state index contributed by atoms with van der Waals surface area (Å²) in [5.41, 5.74) is 2.29. The molecule has 0 amide bonds. The first-order chi connectivity index (χ1) is 16.5. The molecular formula is C25H28ClFN4O3. The SMILES string of the molecule is CCOC(=O)c1cnc2cc(N3CCN(CC)CC3)c(OC)cc2c1Nc1cccc(Cl)c1F. The molecule has 34 heavy (non-hydrogen) atoms. The third-order valence-electron chi connectivity index (χ3n) is 6.04. The molecule has 9 heteroatoms. The molecular weight excluding hydrogens is 459 g/mol. The van der Waals surface area contributed by atoms with Crippen molar-refractivity contribution in [2.24, 2.45) is 0 Å². The Kier molecular flexibility index (Phi) is 7.38. The van der Waals surface area contributed by atoms with Crippen LogP contribution in [0.5, 0.6) is 5.75 Å². The van der Waals surface area contributed by atoms with Gasteiger partial charge < -0.3 is 24.6 Å². The lowest BCUT2D eigenvalue weighted by molar-refractivity contribution is 0.0527. The minimum atomic E-state index is -0.610. The molecule has 1 N–H and O–H groups in total. The molecule has 1 fully saturated rings. The van der Waals surface area contributed by atoms with Crippen molar-refractivity contribution in [2.75, 3.05) is 56.7 Å². The number of hydrogen-bond donors (Lipinski definition) is 1. The molecule has 7 nitrogen and oxygen atoms in total. The average molecular weight is 487 g/mol. The highest BCUT2D eigenvalue weighted by atomic mass is 35.5.